The largest absolute Gasteiger partial charge is 0.347 e. The number of aromatic amines is 2. The molecule has 0 radical (unpaired) electrons. The highest BCUT2D eigenvalue weighted by atomic mass is 35.5. The lowest BCUT2D eigenvalue weighted by Gasteiger charge is -2.08. The zero-order valence-corrected chi connectivity index (χ0v) is 13.6. The van der Waals surface area contributed by atoms with Gasteiger partial charge in [0.1, 0.15) is 12.0 Å². The highest BCUT2D eigenvalue weighted by molar-refractivity contribution is 6.38. The van der Waals surface area contributed by atoms with Gasteiger partial charge in [-0.3, -0.25) is 0 Å². The molecule has 0 spiro atoms. The van der Waals surface area contributed by atoms with Gasteiger partial charge in [0, 0.05) is 23.3 Å². The molecule has 24 heavy (non-hydrogen) atoms. The van der Waals surface area contributed by atoms with Crippen molar-refractivity contribution in [3.63, 3.8) is 0 Å². The first-order valence-corrected chi connectivity index (χ1v) is 7.94. The Morgan fingerprint density at radius 3 is 2.96 bits per heavy atom. The van der Waals surface area contributed by atoms with Gasteiger partial charge in [-0.25, -0.2) is 19.4 Å². The van der Waals surface area contributed by atoms with Crippen LogP contribution in [0.15, 0.2) is 47.8 Å². The van der Waals surface area contributed by atoms with E-state index < -0.39 is 0 Å². The SMILES string of the molecule is CCc1c[nH]c2ncc(-c3cccc(-n4cn[nH]c4=O)c3)c(Cl)c12. The van der Waals surface area contributed by atoms with E-state index in [1.165, 1.54) is 10.9 Å². The molecular weight excluding hydrogens is 326 g/mol. The minimum Gasteiger partial charge on any atom is -0.346 e. The van der Waals surface area contributed by atoms with E-state index in [9.17, 15) is 4.79 Å². The number of pyridine rings is 1. The average molecular weight is 340 g/mol. The fraction of sp³-hybridized carbons (Fsp3) is 0.118. The van der Waals surface area contributed by atoms with Crippen LogP contribution < -0.4 is 5.69 Å². The molecule has 1 aromatic carbocycles. The molecule has 0 saturated carbocycles. The summed E-state index contributed by atoms with van der Waals surface area (Å²) in [4.78, 5) is 19.4. The Labute approximate surface area is 142 Å². The molecule has 7 heteroatoms. The summed E-state index contributed by atoms with van der Waals surface area (Å²) < 4.78 is 1.44. The normalized spacial score (nSPS) is 11.2. The van der Waals surface area contributed by atoms with Gasteiger partial charge in [0.25, 0.3) is 0 Å². The van der Waals surface area contributed by atoms with E-state index in [2.05, 4.69) is 27.1 Å². The van der Waals surface area contributed by atoms with Gasteiger partial charge in [-0.05, 0) is 29.7 Å². The van der Waals surface area contributed by atoms with Crippen molar-refractivity contribution in [1.29, 1.82) is 0 Å². The molecule has 6 nitrogen and oxygen atoms in total. The van der Waals surface area contributed by atoms with Gasteiger partial charge in [0.05, 0.1) is 10.7 Å². The van der Waals surface area contributed by atoms with Crippen LogP contribution in [0.4, 0.5) is 0 Å². The van der Waals surface area contributed by atoms with Crippen LogP contribution in [0.5, 0.6) is 0 Å². The van der Waals surface area contributed by atoms with Crippen molar-refractivity contribution in [2.45, 2.75) is 13.3 Å². The molecule has 0 unspecified atom stereocenters. The first kappa shape index (κ1) is 14.7. The van der Waals surface area contributed by atoms with Crippen molar-refractivity contribution >= 4 is 22.6 Å². The maximum absolute atomic E-state index is 11.8. The van der Waals surface area contributed by atoms with Crippen LogP contribution in [0.2, 0.25) is 5.02 Å². The molecule has 0 aliphatic rings. The van der Waals surface area contributed by atoms with E-state index >= 15 is 0 Å². The molecule has 4 rings (SSSR count). The molecule has 120 valence electrons. The molecule has 0 saturated heterocycles. The molecule has 0 fully saturated rings. The van der Waals surface area contributed by atoms with Gasteiger partial charge < -0.3 is 4.98 Å². The fourth-order valence-electron chi connectivity index (χ4n) is 2.85. The maximum Gasteiger partial charge on any atom is 0.347 e. The Morgan fingerprint density at radius 1 is 1.33 bits per heavy atom. The number of hydrogen-bond acceptors (Lipinski definition) is 3. The summed E-state index contributed by atoms with van der Waals surface area (Å²) in [7, 11) is 0. The Morgan fingerprint density at radius 2 is 2.21 bits per heavy atom. The Balaban J connectivity index is 1.91. The maximum atomic E-state index is 11.8. The van der Waals surface area contributed by atoms with E-state index in [1.54, 1.807) is 6.20 Å². The molecule has 0 aliphatic heterocycles. The second-order valence-electron chi connectivity index (χ2n) is 5.46. The third-order valence-corrected chi connectivity index (χ3v) is 4.48. The van der Waals surface area contributed by atoms with E-state index in [0.29, 0.717) is 10.7 Å². The summed E-state index contributed by atoms with van der Waals surface area (Å²) in [5.41, 5.74) is 4.06. The minimum atomic E-state index is -0.286. The fourth-order valence-corrected chi connectivity index (χ4v) is 3.22. The standard InChI is InChI=1S/C17H14ClN5O/c1-2-10-7-19-16-14(10)15(18)13(8-20-16)11-4-3-5-12(6-11)23-9-21-22-17(23)24/h3-9H,2H2,1H3,(H,19,20)(H,22,24). The highest BCUT2D eigenvalue weighted by Gasteiger charge is 2.14. The third kappa shape index (κ3) is 2.23. The lowest BCUT2D eigenvalue weighted by Crippen LogP contribution is -2.13. The van der Waals surface area contributed by atoms with Gasteiger partial charge in [0.15, 0.2) is 0 Å². The van der Waals surface area contributed by atoms with E-state index in [0.717, 1.165) is 34.1 Å². The predicted octanol–water partition coefficient (Wildman–Crippen LogP) is 3.32. The molecule has 0 atom stereocenters. The number of aromatic nitrogens is 5. The smallest absolute Gasteiger partial charge is 0.346 e. The topological polar surface area (TPSA) is 79.4 Å². The molecule has 0 bridgehead atoms. The van der Waals surface area contributed by atoms with Gasteiger partial charge in [0.2, 0.25) is 0 Å². The Hall–Kier alpha value is -2.86. The van der Waals surface area contributed by atoms with Crippen molar-refractivity contribution in [2.24, 2.45) is 0 Å². The van der Waals surface area contributed by atoms with Crippen LogP contribution in [0, 0.1) is 0 Å². The second kappa shape index (κ2) is 5.65. The van der Waals surface area contributed by atoms with Crippen LogP contribution >= 0.6 is 11.6 Å². The number of rotatable bonds is 3. The summed E-state index contributed by atoms with van der Waals surface area (Å²) in [5, 5.41) is 7.75. The molecule has 3 aromatic heterocycles. The lowest BCUT2D eigenvalue weighted by atomic mass is 10.0. The molecule has 2 N–H and O–H groups in total. The number of fused-ring (bicyclic) bond motifs is 1. The number of halogens is 1. The third-order valence-electron chi connectivity index (χ3n) is 4.09. The predicted molar refractivity (Wildman–Crippen MR) is 93.7 cm³/mol. The number of benzene rings is 1. The number of H-pyrrole nitrogens is 2. The van der Waals surface area contributed by atoms with Crippen molar-refractivity contribution in [2.75, 3.05) is 0 Å². The highest BCUT2D eigenvalue weighted by Crippen LogP contribution is 2.35. The average Bonchev–Trinajstić information content (AvgIpc) is 3.21. The molecule has 4 aromatic rings. The number of nitrogens with one attached hydrogen (secondary N) is 2. The number of nitrogens with zero attached hydrogens (tertiary/aromatic N) is 3. The summed E-state index contributed by atoms with van der Waals surface area (Å²) in [5.74, 6) is 0. The molecule has 3 heterocycles. The van der Waals surface area contributed by atoms with Crippen molar-refractivity contribution in [3.8, 4) is 16.8 Å². The minimum absolute atomic E-state index is 0.286. The van der Waals surface area contributed by atoms with Crippen molar-refractivity contribution in [1.82, 2.24) is 24.7 Å². The Kier molecular flexibility index (Phi) is 3.46. The summed E-state index contributed by atoms with van der Waals surface area (Å²) in [6, 6.07) is 7.56. The Bertz CT molecular complexity index is 1090. The van der Waals surface area contributed by atoms with Gasteiger partial charge in [-0.2, -0.15) is 5.10 Å². The molecule has 0 amide bonds. The molecular formula is C17H14ClN5O. The zero-order chi connectivity index (χ0) is 16.7. The number of aryl methyl sites for hydroxylation is 1. The second-order valence-corrected chi connectivity index (χ2v) is 5.84. The summed E-state index contributed by atoms with van der Waals surface area (Å²) in [6.45, 7) is 2.08. The van der Waals surface area contributed by atoms with E-state index in [-0.39, 0.29) is 5.69 Å². The van der Waals surface area contributed by atoms with Crippen LogP contribution in [0.3, 0.4) is 0 Å². The van der Waals surface area contributed by atoms with Crippen LogP contribution in [-0.4, -0.2) is 24.7 Å². The monoisotopic (exact) mass is 339 g/mol. The van der Waals surface area contributed by atoms with Crippen molar-refractivity contribution < 1.29 is 0 Å². The van der Waals surface area contributed by atoms with Crippen LogP contribution in [-0.2, 0) is 6.42 Å². The van der Waals surface area contributed by atoms with Gasteiger partial charge in [-0.15, -0.1) is 0 Å². The van der Waals surface area contributed by atoms with Gasteiger partial charge >= 0.3 is 5.69 Å². The van der Waals surface area contributed by atoms with Gasteiger partial charge in [-0.1, -0.05) is 30.7 Å². The summed E-state index contributed by atoms with van der Waals surface area (Å²) >= 11 is 6.66. The zero-order valence-electron chi connectivity index (χ0n) is 12.9. The first-order valence-electron chi connectivity index (χ1n) is 7.56. The molecule has 0 aliphatic carbocycles. The number of hydrogen-bond donors (Lipinski definition) is 2. The summed E-state index contributed by atoms with van der Waals surface area (Å²) in [6.07, 6.45) is 6.01. The van der Waals surface area contributed by atoms with Crippen LogP contribution in [0.1, 0.15) is 12.5 Å². The lowest BCUT2D eigenvalue weighted by molar-refractivity contribution is 0.983. The quantitative estimate of drug-likeness (QED) is 0.601. The first-order chi connectivity index (χ1) is 11.7. The van der Waals surface area contributed by atoms with E-state index in [4.69, 9.17) is 11.6 Å². The van der Waals surface area contributed by atoms with Crippen LogP contribution in [0.25, 0.3) is 27.8 Å². The van der Waals surface area contributed by atoms with E-state index in [1.807, 2.05) is 30.5 Å². The van der Waals surface area contributed by atoms with Crippen molar-refractivity contribution in [3.05, 3.63) is 64.1 Å².